The predicted octanol–water partition coefficient (Wildman–Crippen LogP) is 4.86. The van der Waals surface area contributed by atoms with E-state index in [4.69, 9.17) is 4.74 Å². The average molecular weight is 522 g/mol. The summed E-state index contributed by atoms with van der Waals surface area (Å²) in [6.45, 7) is 2.42. The van der Waals surface area contributed by atoms with Crippen LogP contribution in [0.1, 0.15) is 25.3 Å². The molecule has 0 aliphatic carbocycles. The molecule has 1 saturated heterocycles. The van der Waals surface area contributed by atoms with Gasteiger partial charge in [0.2, 0.25) is 0 Å². The number of benzene rings is 2. The van der Waals surface area contributed by atoms with E-state index in [1.54, 1.807) is 6.07 Å². The van der Waals surface area contributed by atoms with Gasteiger partial charge < -0.3 is 15.4 Å². The van der Waals surface area contributed by atoms with E-state index >= 15 is 0 Å². The van der Waals surface area contributed by atoms with E-state index in [0.717, 1.165) is 24.5 Å². The van der Waals surface area contributed by atoms with Crippen molar-refractivity contribution in [2.75, 3.05) is 23.4 Å². The fourth-order valence-corrected chi connectivity index (χ4v) is 6.14. The number of hydrogen-bond acceptors (Lipinski definition) is 7. The summed E-state index contributed by atoms with van der Waals surface area (Å²) in [7, 11) is -2.25. The number of ether oxygens (including phenoxy) is 1. The number of carbonyl (C=O) groups is 1. The molecule has 0 spiro atoms. The first-order chi connectivity index (χ1) is 17.1. The highest BCUT2D eigenvalue weighted by molar-refractivity contribution is 7.93. The Morgan fingerprint density at radius 1 is 1.19 bits per heavy atom. The Bertz CT molecular complexity index is 1400. The lowest BCUT2D eigenvalue weighted by molar-refractivity contribution is -0.127. The lowest BCUT2D eigenvalue weighted by Crippen LogP contribution is -2.38. The second kappa shape index (κ2) is 10.7. The van der Waals surface area contributed by atoms with Crippen LogP contribution in [0.5, 0.6) is 5.75 Å². The standard InChI is InChI=1S/C24H26F3N5O3S/c1-14-9-17(32-36(34)7-3-4-8-36)11-19-22(14)23(30-13-29-19)31-18-6-5-16(25)10-20(18)35-15(2)24(33)28-12-21(26)27/h5-6,9-11,13,15,21H,3-4,7-8,12H2,1-2H3,(H,28,33)(H,29,30,31)/t15-/m1/s1. The molecule has 8 nitrogen and oxygen atoms in total. The zero-order valence-electron chi connectivity index (χ0n) is 19.8. The van der Waals surface area contributed by atoms with Crippen molar-refractivity contribution in [3.63, 3.8) is 0 Å². The van der Waals surface area contributed by atoms with Gasteiger partial charge in [-0.25, -0.2) is 27.3 Å². The molecule has 2 N–H and O–H groups in total. The highest BCUT2D eigenvalue weighted by atomic mass is 32.2. The number of fused-ring (bicyclic) bond motifs is 1. The summed E-state index contributed by atoms with van der Waals surface area (Å²) < 4.78 is 61.8. The van der Waals surface area contributed by atoms with E-state index in [-0.39, 0.29) is 5.75 Å². The third-order valence-corrected chi connectivity index (χ3v) is 8.07. The molecule has 1 fully saturated rings. The monoisotopic (exact) mass is 521 g/mol. The molecule has 36 heavy (non-hydrogen) atoms. The quantitative estimate of drug-likeness (QED) is 0.439. The van der Waals surface area contributed by atoms with Crippen molar-refractivity contribution >= 4 is 43.7 Å². The molecular formula is C24H26F3N5O3S. The fourth-order valence-electron chi connectivity index (χ4n) is 3.95. The van der Waals surface area contributed by atoms with Crippen molar-refractivity contribution in [2.24, 2.45) is 4.36 Å². The Morgan fingerprint density at radius 2 is 1.94 bits per heavy atom. The van der Waals surface area contributed by atoms with Gasteiger partial charge in [0.1, 0.15) is 23.7 Å². The van der Waals surface area contributed by atoms with Gasteiger partial charge in [0.25, 0.3) is 12.3 Å². The number of hydrogen-bond donors (Lipinski definition) is 2. The average Bonchev–Trinajstić information content (AvgIpc) is 3.24. The molecule has 1 aromatic heterocycles. The molecule has 4 rings (SSSR count). The third-order valence-electron chi connectivity index (χ3n) is 5.67. The van der Waals surface area contributed by atoms with Crippen molar-refractivity contribution in [2.45, 2.75) is 39.2 Å². The minimum Gasteiger partial charge on any atom is -0.479 e. The van der Waals surface area contributed by atoms with E-state index in [1.807, 2.05) is 13.0 Å². The summed E-state index contributed by atoms with van der Waals surface area (Å²) >= 11 is 0. The van der Waals surface area contributed by atoms with Gasteiger partial charge in [-0.2, -0.15) is 4.36 Å². The SMILES string of the molecule is Cc1cc(N=S2(=O)CCCC2)cc2ncnc(Nc3ccc(F)cc3O[C@H](C)C(=O)NCC(F)F)c12. The number of nitrogens with zero attached hydrogens (tertiary/aromatic N) is 3. The third kappa shape index (κ3) is 6.04. The first-order valence-electron chi connectivity index (χ1n) is 11.4. The van der Waals surface area contributed by atoms with Crippen LogP contribution in [0, 0.1) is 12.7 Å². The van der Waals surface area contributed by atoms with Crippen molar-refractivity contribution < 1.29 is 26.9 Å². The number of amides is 1. The van der Waals surface area contributed by atoms with E-state index < -0.39 is 40.5 Å². The lowest BCUT2D eigenvalue weighted by Gasteiger charge is -2.18. The molecule has 0 saturated carbocycles. The smallest absolute Gasteiger partial charge is 0.260 e. The summed E-state index contributed by atoms with van der Waals surface area (Å²) in [5.41, 5.74) is 2.27. The van der Waals surface area contributed by atoms with Crippen molar-refractivity contribution in [1.29, 1.82) is 0 Å². The highest BCUT2D eigenvalue weighted by Gasteiger charge is 2.20. The Hall–Kier alpha value is -3.41. The van der Waals surface area contributed by atoms with Crippen molar-refractivity contribution in [3.05, 3.63) is 48.0 Å². The molecule has 1 amide bonds. The number of nitrogens with one attached hydrogen (secondary N) is 2. The number of aryl methyl sites for hydroxylation is 1. The maximum atomic E-state index is 14.0. The minimum absolute atomic E-state index is 0.00358. The Morgan fingerprint density at radius 3 is 2.67 bits per heavy atom. The van der Waals surface area contributed by atoms with Crippen LogP contribution in [0.15, 0.2) is 41.0 Å². The van der Waals surface area contributed by atoms with Crippen molar-refractivity contribution in [1.82, 2.24) is 15.3 Å². The molecular weight excluding hydrogens is 495 g/mol. The molecule has 192 valence electrons. The molecule has 3 aromatic rings. The second-order valence-electron chi connectivity index (χ2n) is 8.52. The largest absolute Gasteiger partial charge is 0.479 e. The van der Waals surface area contributed by atoms with Gasteiger partial charge in [-0.15, -0.1) is 0 Å². The topological polar surface area (TPSA) is 106 Å². The van der Waals surface area contributed by atoms with Crippen LogP contribution in [0.2, 0.25) is 0 Å². The Labute approximate surface area is 206 Å². The van der Waals surface area contributed by atoms with Crippen LogP contribution < -0.4 is 15.4 Å². The van der Waals surface area contributed by atoms with Crippen LogP contribution in [-0.2, 0) is 14.5 Å². The predicted molar refractivity (Wildman–Crippen MR) is 132 cm³/mol. The molecule has 12 heteroatoms. The van der Waals surface area contributed by atoms with Gasteiger partial charge in [0.15, 0.2) is 6.10 Å². The van der Waals surface area contributed by atoms with Crippen molar-refractivity contribution in [3.8, 4) is 5.75 Å². The summed E-state index contributed by atoms with van der Waals surface area (Å²) in [5, 5.41) is 5.85. The first-order valence-corrected chi connectivity index (χ1v) is 13.3. The Kier molecular flexibility index (Phi) is 7.62. The number of aromatic nitrogens is 2. The molecule has 1 aliphatic heterocycles. The molecule has 2 aromatic carbocycles. The summed E-state index contributed by atoms with van der Waals surface area (Å²) in [5.74, 6) is 0.223. The first kappa shape index (κ1) is 25.7. The van der Waals surface area contributed by atoms with Gasteiger partial charge in [-0.3, -0.25) is 4.79 Å². The molecule has 0 radical (unpaired) electrons. The maximum absolute atomic E-state index is 14.0. The second-order valence-corrected chi connectivity index (χ2v) is 11.1. The van der Waals surface area contributed by atoms with E-state index in [0.29, 0.717) is 39.6 Å². The minimum atomic E-state index is -2.70. The number of rotatable bonds is 8. The molecule has 0 unspecified atom stereocenters. The Balaban J connectivity index is 1.64. The maximum Gasteiger partial charge on any atom is 0.260 e. The lowest BCUT2D eigenvalue weighted by atomic mass is 10.1. The molecule has 2 heterocycles. The van der Waals surface area contributed by atoms with Crippen LogP contribution in [0.25, 0.3) is 10.9 Å². The van der Waals surface area contributed by atoms with Gasteiger partial charge >= 0.3 is 0 Å². The summed E-state index contributed by atoms with van der Waals surface area (Å²) in [6, 6.07) is 7.29. The van der Waals surface area contributed by atoms with Crippen LogP contribution >= 0.6 is 0 Å². The number of halogens is 3. The molecule has 1 atom stereocenters. The van der Waals surface area contributed by atoms with E-state index in [2.05, 4.69) is 25.0 Å². The zero-order chi connectivity index (χ0) is 25.9. The van der Waals surface area contributed by atoms with Gasteiger partial charge in [-0.05, 0) is 56.5 Å². The van der Waals surface area contributed by atoms with Crippen LogP contribution in [0.3, 0.4) is 0 Å². The normalized spacial score (nSPS) is 15.6. The van der Waals surface area contributed by atoms with E-state index in [1.165, 1.54) is 25.4 Å². The number of carbonyl (C=O) groups excluding carboxylic acids is 1. The number of alkyl halides is 2. The summed E-state index contributed by atoms with van der Waals surface area (Å²) in [4.78, 5) is 20.7. The fraction of sp³-hybridized carbons (Fsp3) is 0.375. The van der Waals surface area contributed by atoms with E-state index in [9.17, 15) is 22.2 Å². The van der Waals surface area contributed by atoms with Crippen LogP contribution in [-0.4, -0.2) is 50.7 Å². The molecule has 0 bridgehead atoms. The summed E-state index contributed by atoms with van der Waals surface area (Å²) in [6.07, 6.45) is -0.696. The van der Waals surface area contributed by atoms with Gasteiger partial charge in [0.05, 0.1) is 33.2 Å². The zero-order valence-corrected chi connectivity index (χ0v) is 20.6. The highest BCUT2D eigenvalue weighted by Crippen LogP contribution is 2.34. The van der Waals surface area contributed by atoms with Gasteiger partial charge in [-0.1, -0.05) is 0 Å². The molecule has 1 aliphatic rings. The number of anilines is 2. The van der Waals surface area contributed by atoms with Crippen LogP contribution in [0.4, 0.5) is 30.4 Å². The van der Waals surface area contributed by atoms with Gasteiger partial charge in [0, 0.05) is 23.0 Å².